The summed E-state index contributed by atoms with van der Waals surface area (Å²) in [5.41, 5.74) is -0.0390. The molecule has 1 aliphatic heterocycles. The number of hydrogen-bond donors (Lipinski definition) is 1. The van der Waals surface area contributed by atoms with Crippen LogP contribution in [0.25, 0.3) is 0 Å². The van der Waals surface area contributed by atoms with Crippen LogP contribution in [0.3, 0.4) is 0 Å². The molecule has 0 amide bonds. The molecule has 110 valence electrons. The minimum absolute atomic E-state index is 0.236. The van der Waals surface area contributed by atoms with Crippen LogP contribution in [0.15, 0.2) is 24.3 Å². The number of anilines is 1. The smallest absolute Gasteiger partial charge is 0.313 e. The Morgan fingerprint density at radius 2 is 2.15 bits per heavy atom. The number of carbonyl (C=O) groups is 1. The first-order valence-corrected chi connectivity index (χ1v) is 6.89. The Kier molecular flexibility index (Phi) is 4.60. The average molecular weight is 281 g/mol. The predicted octanol–water partition coefficient (Wildman–Crippen LogP) is 2.53. The monoisotopic (exact) mass is 281 g/mol. The second-order valence-electron chi connectivity index (χ2n) is 5.23. The number of rotatable bonds is 5. The van der Waals surface area contributed by atoms with Crippen molar-refractivity contribution in [3.63, 3.8) is 0 Å². The molecule has 1 aromatic carbocycles. The maximum atomic E-state index is 13.0. The van der Waals surface area contributed by atoms with E-state index in [2.05, 4.69) is 0 Å². The minimum Gasteiger partial charge on any atom is -0.481 e. The van der Waals surface area contributed by atoms with Gasteiger partial charge in [0.25, 0.3) is 0 Å². The highest BCUT2D eigenvalue weighted by Gasteiger charge is 2.42. The Morgan fingerprint density at radius 3 is 2.65 bits per heavy atom. The minimum atomic E-state index is -0.872. The number of halogens is 1. The zero-order valence-corrected chi connectivity index (χ0v) is 11.6. The van der Waals surface area contributed by atoms with Gasteiger partial charge in [-0.1, -0.05) is 0 Å². The molecule has 1 fully saturated rings. The van der Waals surface area contributed by atoms with Crippen molar-refractivity contribution < 1.29 is 19.0 Å². The lowest BCUT2D eigenvalue weighted by atomic mass is 9.82. The molecule has 2 rings (SSSR count). The number of benzene rings is 1. The van der Waals surface area contributed by atoms with Gasteiger partial charge in [0.05, 0.1) is 6.61 Å². The highest BCUT2D eigenvalue weighted by Crippen LogP contribution is 2.31. The molecule has 20 heavy (non-hydrogen) atoms. The molecule has 1 atom stereocenters. The molecule has 1 heterocycles. The standard InChI is InChI=1S/C15H20FNO3/c1-2-17(13-6-4-12(16)5-7-13)10-15(14(18)19)8-3-9-20-11-15/h4-7H,2-3,8-11H2,1H3,(H,18,19). The van der Waals surface area contributed by atoms with E-state index < -0.39 is 11.4 Å². The van der Waals surface area contributed by atoms with Crippen LogP contribution < -0.4 is 4.90 Å². The van der Waals surface area contributed by atoms with Crippen molar-refractivity contribution >= 4 is 11.7 Å². The molecule has 0 aromatic heterocycles. The Morgan fingerprint density at radius 1 is 1.45 bits per heavy atom. The number of carboxylic acids is 1. The Balaban J connectivity index is 2.18. The lowest BCUT2D eigenvalue weighted by Gasteiger charge is -2.38. The van der Waals surface area contributed by atoms with E-state index in [-0.39, 0.29) is 12.4 Å². The molecule has 1 N–H and O–H groups in total. The first-order chi connectivity index (χ1) is 9.57. The third kappa shape index (κ3) is 3.10. The quantitative estimate of drug-likeness (QED) is 0.901. The average Bonchev–Trinajstić information content (AvgIpc) is 2.47. The summed E-state index contributed by atoms with van der Waals surface area (Å²) in [5, 5.41) is 9.56. The van der Waals surface area contributed by atoms with Gasteiger partial charge in [-0.15, -0.1) is 0 Å². The van der Waals surface area contributed by atoms with Crippen LogP contribution in [0.4, 0.5) is 10.1 Å². The van der Waals surface area contributed by atoms with E-state index in [0.29, 0.717) is 26.1 Å². The summed E-state index contributed by atoms with van der Waals surface area (Å²) in [7, 11) is 0. The maximum absolute atomic E-state index is 13.0. The molecule has 1 aliphatic rings. The summed E-state index contributed by atoms with van der Waals surface area (Å²) in [4.78, 5) is 13.6. The maximum Gasteiger partial charge on any atom is 0.313 e. The summed E-state index contributed by atoms with van der Waals surface area (Å²) in [6, 6.07) is 6.14. The molecular formula is C15H20FNO3. The van der Waals surface area contributed by atoms with Crippen molar-refractivity contribution in [2.45, 2.75) is 19.8 Å². The first kappa shape index (κ1) is 14.8. The van der Waals surface area contributed by atoms with Gasteiger partial charge >= 0.3 is 5.97 Å². The highest BCUT2D eigenvalue weighted by atomic mass is 19.1. The second kappa shape index (κ2) is 6.22. The van der Waals surface area contributed by atoms with Crippen LogP contribution in [-0.4, -0.2) is 37.4 Å². The van der Waals surface area contributed by atoms with Crippen molar-refractivity contribution in [2.75, 3.05) is 31.2 Å². The van der Waals surface area contributed by atoms with Gasteiger partial charge in [0.1, 0.15) is 11.2 Å². The predicted molar refractivity (Wildman–Crippen MR) is 74.4 cm³/mol. The number of nitrogens with zero attached hydrogens (tertiary/aromatic N) is 1. The zero-order chi connectivity index (χ0) is 14.6. The molecule has 0 spiro atoms. The molecule has 5 heteroatoms. The molecule has 1 saturated heterocycles. The van der Waals surface area contributed by atoms with Gasteiger partial charge in [-0.05, 0) is 44.0 Å². The van der Waals surface area contributed by atoms with Gasteiger partial charge in [-0.2, -0.15) is 0 Å². The lowest BCUT2D eigenvalue weighted by molar-refractivity contribution is -0.156. The topological polar surface area (TPSA) is 49.8 Å². The molecule has 1 unspecified atom stereocenters. The van der Waals surface area contributed by atoms with Gasteiger partial charge < -0.3 is 14.7 Å². The van der Waals surface area contributed by atoms with E-state index in [1.54, 1.807) is 12.1 Å². The van der Waals surface area contributed by atoms with Gasteiger partial charge in [-0.3, -0.25) is 4.79 Å². The summed E-state index contributed by atoms with van der Waals surface area (Å²) in [6.45, 7) is 3.87. The van der Waals surface area contributed by atoms with Crippen molar-refractivity contribution in [3.05, 3.63) is 30.1 Å². The van der Waals surface area contributed by atoms with E-state index in [1.807, 2.05) is 11.8 Å². The molecule has 4 nitrogen and oxygen atoms in total. The number of ether oxygens (including phenoxy) is 1. The Hall–Kier alpha value is -1.62. The van der Waals surface area contributed by atoms with E-state index >= 15 is 0 Å². The van der Waals surface area contributed by atoms with E-state index in [0.717, 1.165) is 12.1 Å². The van der Waals surface area contributed by atoms with Crippen molar-refractivity contribution in [1.82, 2.24) is 0 Å². The lowest BCUT2D eigenvalue weighted by Crippen LogP contribution is -2.48. The Bertz CT molecular complexity index is 455. The fraction of sp³-hybridized carbons (Fsp3) is 0.533. The van der Waals surface area contributed by atoms with Crippen molar-refractivity contribution in [3.8, 4) is 0 Å². The molecule has 0 saturated carbocycles. The zero-order valence-electron chi connectivity index (χ0n) is 11.6. The summed E-state index contributed by atoms with van der Waals surface area (Å²) in [6.07, 6.45) is 1.37. The third-order valence-corrected chi connectivity index (χ3v) is 3.84. The van der Waals surface area contributed by atoms with Crippen molar-refractivity contribution in [2.24, 2.45) is 5.41 Å². The van der Waals surface area contributed by atoms with E-state index in [1.165, 1.54) is 12.1 Å². The number of carboxylic acid groups (broad SMARTS) is 1. The highest BCUT2D eigenvalue weighted by molar-refractivity contribution is 5.76. The van der Waals surface area contributed by atoms with E-state index in [9.17, 15) is 14.3 Å². The summed E-state index contributed by atoms with van der Waals surface area (Å²) >= 11 is 0. The third-order valence-electron chi connectivity index (χ3n) is 3.84. The van der Waals surface area contributed by atoms with Crippen LogP contribution in [0.1, 0.15) is 19.8 Å². The number of aliphatic carboxylic acids is 1. The van der Waals surface area contributed by atoms with Crippen molar-refractivity contribution in [1.29, 1.82) is 0 Å². The largest absolute Gasteiger partial charge is 0.481 e. The fourth-order valence-electron chi connectivity index (χ4n) is 2.62. The van der Waals surface area contributed by atoms with Gasteiger partial charge in [0.2, 0.25) is 0 Å². The van der Waals surface area contributed by atoms with Crippen LogP contribution >= 0.6 is 0 Å². The van der Waals surface area contributed by atoms with Gasteiger partial charge in [0, 0.05) is 25.4 Å². The fourth-order valence-corrected chi connectivity index (χ4v) is 2.62. The second-order valence-corrected chi connectivity index (χ2v) is 5.23. The van der Waals surface area contributed by atoms with Crippen LogP contribution in [0.5, 0.6) is 0 Å². The van der Waals surface area contributed by atoms with Gasteiger partial charge in [-0.25, -0.2) is 4.39 Å². The summed E-state index contributed by atoms with van der Waals surface area (Å²) in [5.74, 6) is -1.11. The molecule has 0 radical (unpaired) electrons. The van der Waals surface area contributed by atoms with Crippen LogP contribution in [0.2, 0.25) is 0 Å². The molecular weight excluding hydrogens is 261 g/mol. The Labute approximate surface area is 118 Å². The summed E-state index contributed by atoms with van der Waals surface area (Å²) < 4.78 is 18.4. The normalized spacial score (nSPS) is 22.5. The number of hydrogen-bond acceptors (Lipinski definition) is 3. The molecule has 0 bridgehead atoms. The van der Waals surface area contributed by atoms with Crippen LogP contribution in [0, 0.1) is 11.2 Å². The van der Waals surface area contributed by atoms with Crippen LogP contribution in [-0.2, 0) is 9.53 Å². The van der Waals surface area contributed by atoms with Gasteiger partial charge in [0.15, 0.2) is 0 Å². The molecule has 0 aliphatic carbocycles. The SMILES string of the molecule is CCN(CC1(C(=O)O)CCCOC1)c1ccc(F)cc1. The molecule has 1 aromatic rings. The van der Waals surface area contributed by atoms with E-state index in [4.69, 9.17) is 4.74 Å². The first-order valence-electron chi connectivity index (χ1n) is 6.89.